The van der Waals surface area contributed by atoms with Gasteiger partial charge in [0.15, 0.2) is 5.13 Å². The third-order valence-electron chi connectivity index (χ3n) is 6.05. The minimum absolute atomic E-state index is 0.113. The van der Waals surface area contributed by atoms with E-state index in [9.17, 15) is 14.7 Å². The highest BCUT2D eigenvalue weighted by Crippen LogP contribution is 2.40. The zero-order chi connectivity index (χ0) is 27.7. The van der Waals surface area contributed by atoms with Crippen LogP contribution >= 0.6 is 11.3 Å². The van der Waals surface area contributed by atoms with E-state index in [1.54, 1.807) is 19.2 Å². The number of aromatic nitrogens is 1. The van der Waals surface area contributed by atoms with Crippen molar-refractivity contribution in [2.45, 2.75) is 31.9 Å². The quantitative estimate of drug-likeness (QED) is 0.102. The molecule has 8 nitrogen and oxygen atoms in total. The maximum atomic E-state index is 12.7. The molecule has 1 unspecified atom stereocenters. The fraction of sp³-hybridized carbons (Fsp3) is 0.200. The molecule has 0 saturated carbocycles. The Hall–Kier alpha value is -4.50. The number of nitrogens with one attached hydrogen (secondary N) is 1. The second-order valence-corrected chi connectivity index (χ2v) is 9.37. The van der Waals surface area contributed by atoms with Gasteiger partial charge < -0.3 is 20.0 Å². The van der Waals surface area contributed by atoms with Gasteiger partial charge in [0, 0.05) is 5.38 Å². The number of carbonyl (C=O) groups excluding carboxylic acids is 1. The Bertz CT molecular complexity index is 1310. The first-order chi connectivity index (χ1) is 19.0. The molecule has 0 bridgehead atoms. The molecular weight excluding hydrogens is 514 g/mol. The lowest BCUT2D eigenvalue weighted by Crippen LogP contribution is -2.38. The van der Waals surface area contributed by atoms with Crippen molar-refractivity contribution >= 4 is 34.1 Å². The predicted octanol–water partition coefficient (Wildman–Crippen LogP) is 5.69. The van der Waals surface area contributed by atoms with Crippen LogP contribution < -0.4 is 5.32 Å². The summed E-state index contributed by atoms with van der Waals surface area (Å²) in [7, 11) is 0. The first kappa shape index (κ1) is 27.5. The highest BCUT2D eigenvalue weighted by Gasteiger charge is 2.37. The van der Waals surface area contributed by atoms with Crippen LogP contribution in [0.3, 0.4) is 0 Å². The van der Waals surface area contributed by atoms with Crippen molar-refractivity contribution in [2.24, 2.45) is 5.16 Å². The topological polar surface area (TPSA) is 110 Å². The number of esters is 1. The van der Waals surface area contributed by atoms with Gasteiger partial charge in [0.1, 0.15) is 11.2 Å². The van der Waals surface area contributed by atoms with Crippen LogP contribution in [0.5, 0.6) is 0 Å². The molecule has 0 amide bonds. The number of anilines is 1. The van der Waals surface area contributed by atoms with E-state index >= 15 is 0 Å². The highest BCUT2D eigenvalue weighted by molar-refractivity contribution is 7.14. The van der Waals surface area contributed by atoms with Gasteiger partial charge in [0.2, 0.25) is 11.8 Å². The summed E-state index contributed by atoms with van der Waals surface area (Å²) in [4.78, 5) is 34.0. The monoisotopic (exact) mass is 543 g/mol. The Morgan fingerprint density at radius 3 is 1.87 bits per heavy atom. The largest absolute Gasteiger partial charge is 0.478 e. The zero-order valence-electron chi connectivity index (χ0n) is 21.6. The van der Waals surface area contributed by atoms with Crippen LogP contribution in [0, 0.1) is 0 Å². The van der Waals surface area contributed by atoms with Gasteiger partial charge in [-0.25, -0.2) is 14.6 Å². The molecule has 39 heavy (non-hydrogen) atoms. The van der Waals surface area contributed by atoms with Crippen molar-refractivity contribution in [3.8, 4) is 0 Å². The minimum Gasteiger partial charge on any atom is -0.478 e. The summed E-state index contributed by atoms with van der Waals surface area (Å²) in [5.41, 5.74) is 2.18. The van der Waals surface area contributed by atoms with E-state index < -0.39 is 23.6 Å². The number of benzene rings is 3. The lowest BCUT2D eigenvalue weighted by molar-refractivity contribution is -0.151. The van der Waals surface area contributed by atoms with Crippen LogP contribution in [0.2, 0.25) is 0 Å². The molecule has 1 heterocycles. The molecule has 3 aromatic carbocycles. The summed E-state index contributed by atoms with van der Waals surface area (Å²) in [6, 6.07) is 30.1. The number of carboxylic acid groups (broad SMARTS) is 1. The number of carbonyl (C=O) groups is 2. The minimum atomic E-state index is -1.20. The molecule has 2 N–H and O–H groups in total. The molecule has 0 aliphatic heterocycles. The van der Waals surface area contributed by atoms with E-state index in [0.717, 1.165) is 16.7 Å². The number of nitrogens with zero attached hydrogens (tertiary/aromatic N) is 2. The van der Waals surface area contributed by atoms with Crippen molar-refractivity contribution in [3.63, 3.8) is 0 Å². The predicted molar refractivity (Wildman–Crippen MR) is 151 cm³/mol. The number of hydrogen-bond donors (Lipinski definition) is 2. The number of rotatable bonds is 12. The maximum Gasteiger partial charge on any atom is 0.362 e. The van der Waals surface area contributed by atoms with Gasteiger partial charge in [0.05, 0.1) is 6.61 Å². The van der Waals surface area contributed by atoms with Crippen LogP contribution in [0.1, 0.15) is 42.7 Å². The molecule has 1 atom stereocenters. The van der Waals surface area contributed by atoms with E-state index in [0.29, 0.717) is 5.13 Å². The molecule has 0 aliphatic rings. The van der Waals surface area contributed by atoms with Crippen molar-refractivity contribution in [3.05, 3.63) is 119 Å². The van der Waals surface area contributed by atoms with Gasteiger partial charge in [-0.3, -0.25) is 0 Å². The summed E-state index contributed by atoms with van der Waals surface area (Å²) >= 11 is 1.29. The third-order valence-corrected chi connectivity index (χ3v) is 6.81. The molecule has 0 aliphatic carbocycles. The Morgan fingerprint density at radius 1 is 0.923 bits per heavy atom. The van der Waals surface area contributed by atoms with Crippen LogP contribution in [0.15, 0.2) is 102 Å². The van der Waals surface area contributed by atoms with Crippen molar-refractivity contribution in [2.75, 3.05) is 11.9 Å². The summed E-state index contributed by atoms with van der Waals surface area (Å²) in [6.07, 6.45) is -1.03. The van der Waals surface area contributed by atoms with E-state index in [1.165, 1.54) is 11.3 Å². The number of hydrogen-bond acceptors (Lipinski definition) is 8. The number of carboxylic acids is 1. The lowest BCUT2D eigenvalue weighted by atomic mass is 9.77. The molecule has 4 aromatic rings. The summed E-state index contributed by atoms with van der Waals surface area (Å²) in [6.45, 7) is 3.44. The van der Waals surface area contributed by atoms with Gasteiger partial charge in [0.25, 0.3) is 0 Å². The zero-order valence-corrected chi connectivity index (χ0v) is 22.4. The number of aliphatic carboxylic acids is 1. The highest BCUT2D eigenvalue weighted by atomic mass is 32.1. The first-order valence-electron chi connectivity index (χ1n) is 12.5. The van der Waals surface area contributed by atoms with E-state index in [2.05, 4.69) is 51.9 Å². The molecule has 200 valence electrons. The molecule has 0 saturated heterocycles. The smallest absolute Gasteiger partial charge is 0.362 e. The first-order valence-corrected chi connectivity index (χ1v) is 13.4. The molecule has 1 aromatic heterocycles. The lowest BCUT2D eigenvalue weighted by Gasteiger charge is -2.36. The number of thiazole rings is 1. The van der Waals surface area contributed by atoms with Crippen LogP contribution in [0.4, 0.5) is 5.13 Å². The van der Waals surface area contributed by atoms with Gasteiger partial charge >= 0.3 is 11.9 Å². The maximum absolute atomic E-state index is 12.7. The number of ether oxygens (including phenoxy) is 1. The van der Waals surface area contributed by atoms with Crippen LogP contribution in [0.25, 0.3) is 0 Å². The fourth-order valence-electron chi connectivity index (χ4n) is 4.18. The second-order valence-electron chi connectivity index (χ2n) is 8.51. The van der Waals surface area contributed by atoms with Crippen LogP contribution in [-0.2, 0) is 24.7 Å². The average Bonchev–Trinajstić information content (AvgIpc) is 3.43. The molecule has 9 heteroatoms. The normalized spacial score (nSPS) is 12.4. The van der Waals surface area contributed by atoms with Gasteiger partial charge in [-0.1, -0.05) is 103 Å². The van der Waals surface area contributed by atoms with E-state index in [4.69, 9.17) is 9.57 Å². The van der Waals surface area contributed by atoms with E-state index in [1.807, 2.05) is 54.6 Å². The molecule has 4 rings (SSSR count). The van der Waals surface area contributed by atoms with Gasteiger partial charge in [-0.2, -0.15) is 0 Å². The molecule has 0 radical (unpaired) electrons. The standard InChI is InChI=1S/C30H29N3O5S/c1-3-25(27(34)35)38-33-26(28(36)37-4-2)24-20-39-29(31-24)32-30(21-14-8-5-9-15-21,22-16-10-6-11-17-22)23-18-12-7-13-19-23/h5-20,25H,3-4H2,1-2H3,(H,31,32)(H,34,35)/b33-26+. The molecule has 0 fully saturated rings. The molecule has 0 spiro atoms. The SMILES string of the molecule is CCOC(=O)/C(=N/OC(CC)C(=O)O)c1csc(NC(c2ccccc2)(c2ccccc2)c2ccccc2)n1. The summed E-state index contributed by atoms with van der Waals surface area (Å²) in [5.74, 6) is -1.93. The van der Waals surface area contributed by atoms with Gasteiger partial charge in [-0.15, -0.1) is 11.3 Å². The Kier molecular flexibility index (Phi) is 9.06. The third kappa shape index (κ3) is 6.15. The Labute approximate surface area is 230 Å². The van der Waals surface area contributed by atoms with E-state index in [-0.39, 0.29) is 24.4 Å². The Morgan fingerprint density at radius 2 is 1.44 bits per heavy atom. The van der Waals surface area contributed by atoms with Crippen molar-refractivity contribution in [1.82, 2.24) is 4.98 Å². The number of oxime groups is 1. The fourth-order valence-corrected chi connectivity index (χ4v) is 4.93. The average molecular weight is 544 g/mol. The Balaban J connectivity index is 1.81. The summed E-state index contributed by atoms with van der Waals surface area (Å²) in [5, 5.41) is 19.0. The van der Waals surface area contributed by atoms with Crippen molar-refractivity contribution in [1.29, 1.82) is 0 Å². The van der Waals surface area contributed by atoms with Crippen molar-refractivity contribution < 1.29 is 24.3 Å². The molecular formula is C30H29N3O5S. The second kappa shape index (κ2) is 12.8. The summed E-state index contributed by atoms with van der Waals surface area (Å²) < 4.78 is 5.15. The van der Waals surface area contributed by atoms with Crippen LogP contribution in [-0.4, -0.2) is 40.5 Å². The van der Waals surface area contributed by atoms with Gasteiger partial charge in [-0.05, 0) is 30.0 Å².